The quantitative estimate of drug-likeness (QED) is 0.393. The van der Waals surface area contributed by atoms with Gasteiger partial charge in [-0.25, -0.2) is 14.5 Å². The van der Waals surface area contributed by atoms with E-state index in [1.54, 1.807) is 12.3 Å². The van der Waals surface area contributed by atoms with Crippen LogP contribution in [0.1, 0.15) is 18.9 Å². The maximum absolute atomic E-state index is 12.9. The van der Waals surface area contributed by atoms with Gasteiger partial charge >= 0.3 is 5.69 Å². The zero-order valence-electron chi connectivity index (χ0n) is 14.5. The number of hydrogen-bond acceptors (Lipinski definition) is 5. The van der Waals surface area contributed by atoms with Crippen LogP contribution in [0.5, 0.6) is 0 Å². The number of aromatic nitrogens is 5. The van der Waals surface area contributed by atoms with E-state index in [-0.39, 0.29) is 17.3 Å². The predicted octanol–water partition coefficient (Wildman–Crippen LogP) is 2.33. The molecule has 4 aromatic rings. The van der Waals surface area contributed by atoms with Gasteiger partial charge in [0.1, 0.15) is 0 Å². The van der Waals surface area contributed by atoms with Gasteiger partial charge in [0.15, 0.2) is 10.8 Å². The first-order valence-corrected chi connectivity index (χ1v) is 9.89. The summed E-state index contributed by atoms with van der Waals surface area (Å²) in [7, 11) is 0. The van der Waals surface area contributed by atoms with Crippen molar-refractivity contribution in [2.24, 2.45) is 0 Å². The molecular weight excluding hydrogens is 362 g/mol. The van der Waals surface area contributed by atoms with Gasteiger partial charge in [-0.15, -0.1) is 5.10 Å². The zero-order valence-corrected chi connectivity index (χ0v) is 15.3. The second-order valence-corrected chi connectivity index (χ2v) is 7.66. The van der Waals surface area contributed by atoms with Crippen molar-refractivity contribution in [2.75, 3.05) is 5.75 Å². The number of pyridine rings is 1. The molecule has 0 N–H and O–H groups in total. The second kappa shape index (κ2) is 6.38. The summed E-state index contributed by atoms with van der Waals surface area (Å²) in [5.74, 6) is 0.612. The third kappa shape index (κ3) is 2.86. The van der Waals surface area contributed by atoms with Crippen LogP contribution < -0.4 is 11.2 Å². The van der Waals surface area contributed by atoms with E-state index in [0.717, 1.165) is 18.0 Å². The van der Waals surface area contributed by atoms with Crippen molar-refractivity contribution in [3.63, 3.8) is 0 Å². The third-order valence-electron chi connectivity index (χ3n) is 4.71. The number of fused-ring (bicyclic) bond motifs is 2. The summed E-state index contributed by atoms with van der Waals surface area (Å²) < 4.78 is 4.81. The molecule has 0 unspecified atom stereocenters. The average molecular weight is 379 g/mol. The lowest BCUT2D eigenvalue weighted by Crippen LogP contribution is -2.24. The first-order valence-electron chi connectivity index (χ1n) is 8.91. The maximum atomic E-state index is 12.9. The SMILES string of the molecule is O=c1c2ccccc2nc(SCCn2nc3ccccn3c2=O)n1C1CC1. The summed E-state index contributed by atoms with van der Waals surface area (Å²) in [5.41, 5.74) is 1.21. The third-order valence-corrected chi connectivity index (χ3v) is 5.64. The Morgan fingerprint density at radius 1 is 1.07 bits per heavy atom. The number of aryl methyl sites for hydroxylation is 1. The minimum atomic E-state index is -0.155. The molecule has 8 heteroatoms. The smallest absolute Gasteiger partial charge is 0.284 e. The molecule has 27 heavy (non-hydrogen) atoms. The molecule has 1 fully saturated rings. The van der Waals surface area contributed by atoms with E-state index in [2.05, 4.69) is 5.10 Å². The Labute approximate surface area is 158 Å². The summed E-state index contributed by atoms with van der Waals surface area (Å²) >= 11 is 1.50. The summed E-state index contributed by atoms with van der Waals surface area (Å²) in [6.07, 6.45) is 3.74. The molecule has 136 valence electrons. The Bertz CT molecular complexity index is 1270. The van der Waals surface area contributed by atoms with E-state index in [0.29, 0.717) is 28.8 Å². The number of rotatable bonds is 5. The summed E-state index contributed by atoms with van der Waals surface area (Å²) in [6.45, 7) is 0.457. The van der Waals surface area contributed by atoms with E-state index >= 15 is 0 Å². The Morgan fingerprint density at radius 2 is 1.89 bits per heavy atom. The highest BCUT2D eigenvalue weighted by molar-refractivity contribution is 7.99. The lowest BCUT2D eigenvalue weighted by molar-refractivity contribution is 0.612. The first kappa shape index (κ1) is 16.3. The van der Waals surface area contributed by atoms with Crippen molar-refractivity contribution < 1.29 is 0 Å². The number of nitrogens with zero attached hydrogens (tertiary/aromatic N) is 5. The molecule has 1 saturated carbocycles. The fourth-order valence-electron chi connectivity index (χ4n) is 3.22. The largest absolute Gasteiger partial charge is 0.350 e. The maximum Gasteiger partial charge on any atom is 0.350 e. The number of para-hydroxylation sites is 1. The van der Waals surface area contributed by atoms with Gasteiger partial charge in [0, 0.05) is 18.0 Å². The highest BCUT2D eigenvalue weighted by Crippen LogP contribution is 2.36. The summed E-state index contributed by atoms with van der Waals surface area (Å²) in [5, 5.41) is 5.72. The molecule has 1 aromatic carbocycles. The molecule has 0 saturated heterocycles. The average Bonchev–Trinajstić information content (AvgIpc) is 3.47. The number of thioether (sulfide) groups is 1. The summed E-state index contributed by atoms with van der Waals surface area (Å²) in [4.78, 5) is 29.9. The topological polar surface area (TPSA) is 74.2 Å². The van der Waals surface area contributed by atoms with E-state index < -0.39 is 0 Å². The first-order chi connectivity index (χ1) is 13.2. The highest BCUT2D eigenvalue weighted by atomic mass is 32.2. The monoisotopic (exact) mass is 379 g/mol. The van der Waals surface area contributed by atoms with Crippen LogP contribution in [0.2, 0.25) is 0 Å². The molecule has 7 nitrogen and oxygen atoms in total. The molecule has 3 aromatic heterocycles. The lowest BCUT2D eigenvalue weighted by atomic mass is 10.2. The van der Waals surface area contributed by atoms with E-state index in [1.807, 2.05) is 41.0 Å². The molecule has 0 radical (unpaired) electrons. The van der Waals surface area contributed by atoms with Gasteiger partial charge < -0.3 is 0 Å². The van der Waals surface area contributed by atoms with Crippen molar-refractivity contribution in [2.45, 2.75) is 30.6 Å². The number of hydrogen-bond donors (Lipinski definition) is 0. The molecule has 1 aliphatic rings. The van der Waals surface area contributed by atoms with E-state index in [1.165, 1.54) is 20.8 Å². The van der Waals surface area contributed by atoms with Crippen molar-refractivity contribution in [3.8, 4) is 0 Å². The molecule has 0 atom stereocenters. The van der Waals surface area contributed by atoms with Crippen LogP contribution in [-0.2, 0) is 6.54 Å². The van der Waals surface area contributed by atoms with E-state index in [4.69, 9.17) is 4.98 Å². The van der Waals surface area contributed by atoms with E-state index in [9.17, 15) is 9.59 Å². The molecule has 0 spiro atoms. The van der Waals surface area contributed by atoms with Crippen molar-refractivity contribution in [1.82, 2.24) is 23.7 Å². The van der Waals surface area contributed by atoms with Crippen molar-refractivity contribution in [1.29, 1.82) is 0 Å². The predicted molar refractivity (Wildman–Crippen MR) is 104 cm³/mol. The van der Waals surface area contributed by atoms with Crippen LogP contribution in [0.4, 0.5) is 0 Å². The minimum absolute atomic E-state index is 0.0236. The van der Waals surface area contributed by atoms with Crippen LogP contribution in [-0.4, -0.2) is 29.5 Å². The molecular formula is C19H17N5O2S. The zero-order chi connectivity index (χ0) is 18.4. The van der Waals surface area contributed by atoms with Crippen molar-refractivity contribution >= 4 is 28.3 Å². The highest BCUT2D eigenvalue weighted by Gasteiger charge is 2.28. The normalized spacial score (nSPS) is 14.2. The van der Waals surface area contributed by atoms with Gasteiger partial charge in [-0.3, -0.25) is 13.8 Å². The van der Waals surface area contributed by atoms with Crippen LogP contribution in [0, 0.1) is 0 Å². The van der Waals surface area contributed by atoms with Gasteiger partial charge in [-0.2, -0.15) is 0 Å². The lowest BCUT2D eigenvalue weighted by Gasteiger charge is -2.12. The molecule has 0 aliphatic heterocycles. The fourth-order valence-corrected chi connectivity index (χ4v) is 4.20. The van der Waals surface area contributed by atoms with Gasteiger partial charge in [-0.1, -0.05) is 30.0 Å². The Kier molecular flexibility index (Phi) is 3.86. The second-order valence-electron chi connectivity index (χ2n) is 6.60. The molecule has 0 bridgehead atoms. The molecule has 5 rings (SSSR count). The van der Waals surface area contributed by atoms with Gasteiger partial charge in [-0.05, 0) is 37.1 Å². The Morgan fingerprint density at radius 3 is 2.70 bits per heavy atom. The van der Waals surface area contributed by atoms with Crippen LogP contribution in [0.3, 0.4) is 0 Å². The van der Waals surface area contributed by atoms with Crippen molar-refractivity contribution in [3.05, 3.63) is 69.5 Å². The van der Waals surface area contributed by atoms with Crippen LogP contribution in [0.15, 0.2) is 63.4 Å². The summed E-state index contributed by atoms with van der Waals surface area (Å²) in [6, 6.07) is 13.2. The molecule has 3 heterocycles. The number of benzene rings is 1. The Balaban J connectivity index is 1.44. The van der Waals surface area contributed by atoms with Gasteiger partial charge in [0.25, 0.3) is 5.56 Å². The molecule has 1 aliphatic carbocycles. The minimum Gasteiger partial charge on any atom is -0.284 e. The fraction of sp³-hybridized carbons (Fsp3) is 0.263. The van der Waals surface area contributed by atoms with Crippen LogP contribution in [0.25, 0.3) is 16.6 Å². The molecule has 0 amide bonds. The van der Waals surface area contributed by atoms with Gasteiger partial charge in [0.2, 0.25) is 0 Å². The standard InChI is InChI=1S/C19H17N5O2S/c25-17-14-5-1-2-6-15(14)20-18(24(17)13-8-9-13)27-12-11-23-19(26)22-10-4-3-7-16(22)21-23/h1-7,10,13H,8-9,11-12H2. The van der Waals surface area contributed by atoms with Crippen LogP contribution >= 0.6 is 11.8 Å². The Hall–Kier alpha value is -2.87. The van der Waals surface area contributed by atoms with Gasteiger partial charge in [0.05, 0.1) is 17.4 Å².